The third-order valence-electron chi connectivity index (χ3n) is 3.41. The van der Waals surface area contributed by atoms with Crippen molar-refractivity contribution in [1.82, 2.24) is 0 Å². The molecule has 0 radical (unpaired) electrons. The van der Waals surface area contributed by atoms with E-state index in [0.717, 1.165) is 0 Å². The van der Waals surface area contributed by atoms with Gasteiger partial charge in [-0.3, -0.25) is 0 Å². The average Bonchev–Trinajstić information content (AvgIpc) is 2.63. The van der Waals surface area contributed by atoms with Crippen molar-refractivity contribution in [2.24, 2.45) is 0 Å². The Bertz CT molecular complexity index is 950. The van der Waals surface area contributed by atoms with E-state index in [2.05, 4.69) is 16.6 Å². The molecule has 26 heavy (non-hydrogen) atoms. The van der Waals surface area contributed by atoms with E-state index in [-0.39, 0.29) is 22.8 Å². The smallest absolute Gasteiger partial charge is 0.341 e. The van der Waals surface area contributed by atoms with E-state index in [1.165, 1.54) is 37.4 Å². The summed E-state index contributed by atoms with van der Waals surface area (Å²) in [6.45, 7) is 3.55. The van der Waals surface area contributed by atoms with Gasteiger partial charge in [0, 0.05) is 0 Å². The third-order valence-corrected chi connectivity index (χ3v) is 4.65. The van der Waals surface area contributed by atoms with Gasteiger partial charge in [-0.1, -0.05) is 18.1 Å². The van der Waals surface area contributed by atoms with Crippen LogP contribution in [-0.2, 0) is 14.9 Å². The highest BCUT2D eigenvalue weighted by atomic mass is 32.2. The highest BCUT2D eigenvalue weighted by Crippen LogP contribution is 2.28. The number of para-hydroxylation sites is 1. The molecule has 2 aromatic rings. The van der Waals surface area contributed by atoms with E-state index in [4.69, 9.17) is 8.92 Å². The van der Waals surface area contributed by atoms with Crippen molar-refractivity contribution >= 4 is 16.1 Å². The summed E-state index contributed by atoms with van der Waals surface area (Å²) in [5, 5.41) is 0. The van der Waals surface area contributed by atoms with Crippen LogP contribution in [0.25, 0.3) is 0 Å². The Hall–Kier alpha value is -2.98. The number of carbonyl (C=O) groups excluding carboxylic acids is 1. The minimum atomic E-state index is -4.13. The van der Waals surface area contributed by atoms with E-state index < -0.39 is 16.1 Å². The molecule has 0 fully saturated rings. The van der Waals surface area contributed by atoms with Crippen LogP contribution in [0.1, 0.15) is 22.8 Å². The van der Waals surface area contributed by atoms with Crippen LogP contribution in [0, 0.1) is 18.8 Å². The fourth-order valence-electron chi connectivity index (χ4n) is 2.09. The van der Waals surface area contributed by atoms with E-state index in [9.17, 15) is 13.2 Å². The second kappa shape index (κ2) is 8.41. The molecule has 136 valence electrons. The Labute approximate surface area is 152 Å². The van der Waals surface area contributed by atoms with Crippen LogP contribution in [0.15, 0.2) is 47.4 Å². The predicted molar refractivity (Wildman–Crippen MR) is 95.7 cm³/mol. The molecule has 2 rings (SSSR count). The molecule has 2 aromatic carbocycles. The van der Waals surface area contributed by atoms with Gasteiger partial charge in [0.15, 0.2) is 5.75 Å². The number of benzene rings is 2. The van der Waals surface area contributed by atoms with Crippen LogP contribution >= 0.6 is 0 Å². The Morgan fingerprint density at radius 2 is 1.81 bits per heavy atom. The van der Waals surface area contributed by atoms with Crippen LogP contribution in [0.3, 0.4) is 0 Å². The minimum Gasteiger partial charge on any atom is -0.481 e. The summed E-state index contributed by atoms with van der Waals surface area (Å²) in [4.78, 5) is 11.8. The first-order chi connectivity index (χ1) is 12.4. The van der Waals surface area contributed by atoms with Crippen LogP contribution < -0.4 is 8.92 Å². The second-order valence-electron chi connectivity index (χ2n) is 5.17. The lowest BCUT2D eigenvalue weighted by Crippen LogP contribution is -2.14. The van der Waals surface area contributed by atoms with Crippen molar-refractivity contribution in [1.29, 1.82) is 0 Å². The fourth-order valence-corrected chi connectivity index (χ4v) is 3.09. The van der Waals surface area contributed by atoms with Crippen molar-refractivity contribution in [2.45, 2.75) is 18.7 Å². The van der Waals surface area contributed by atoms with Gasteiger partial charge in [-0.05, 0) is 49.7 Å². The van der Waals surface area contributed by atoms with Crippen molar-refractivity contribution < 1.29 is 26.9 Å². The molecule has 0 aliphatic rings. The Morgan fingerprint density at radius 3 is 2.42 bits per heavy atom. The summed E-state index contributed by atoms with van der Waals surface area (Å²) >= 11 is 0. The molecule has 0 saturated heterocycles. The van der Waals surface area contributed by atoms with E-state index in [0.29, 0.717) is 11.3 Å². The topological polar surface area (TPSA) is 78.9 Å². The number of esters is 1. The SMILES string of the molecule is CC#CCOc1ccc(S(=O)(=O)Oc2c(C)cccc2C(=O)OC)cc1. The molecule has 0 heterocycles. The zero-order chi connectivity index (χ0) is 19.2. The molecule has 0 spiro atoms. The second-order valence-corrected chi connectivity index (χ2v) is 6.71. The zero-order valence-corrected chi connectivity index (χ0v) is 15.4. The third kappa shape index (κ3) is 4.55. The first-order valence-corrected chi connectivity index (χ1v) is 9.04. The molecule has 0 aliphatic heterocycles. The number of carbonyl (C=O) groups is 1. The maximum absolute atomic E-state index is 12.6. The average molecular weight is 374 g/mol. The zero-order valence-electron chi connectivity index (χ0n) is 14.6. The Morgan fingerprint density at radius 1 is 1.12 bits per heavy atom. The summed E-state index contributed by atoms with van der Waals surface area (Å²) in [7, 11) is -2.92. The predicted octanol–water partition coefficient (Wildman–Crippen LogP) is 2.95. The van der Waals surface area contributed by atoms with Crippen LogP contribution in [0.2, 0.25) is 0 Å². The number of methoxy groups -OCH3 is 1. The summed E-state index contributed by atoms with van der Waals surface area (Å²) in [6, 6.07) is 10.4. The van der Waals surface area contributed by atoms with Gasteiger partial charge < -0.3 is 13.7 Å². The van der Waals surface area contributed by atoms with E-state index >= 15 is 0 Å². The van der Waals surface area contributed by atoms with Gasteiger partial charge in [-0.25, -0.2) is 4.79 Å². The maximum Gasteiger partial charge on any atom is 0.341 e. The Balaban J connectivity index is 2.29. The van der Waals surface area contributed by atoms with Crippen LogP contribution in [0.5, 0.6) is 11.5 Å². The normalized spacial score (nSPS) is 10.4. The van der Waals surface area contributed by atoms with Gasteiger partial charge in [0.05, 0.1) is 7.11 Å². The van der Waals surface area contributed by atoms with Crippen LogP contribution in [-0.4, -0.2) is 28.1 Å². The summed E-state index contributed by atoms with van der Waals surface area (Å²) in [5.41, 5.74) is 0.531. The lowest BCUT2D eigenvalue weighted by molar-refractivity contribution is 0.0598. The molecule has 0 bridgehead atoms. The number of hydrogen-bond donors (Lipinski definition) is 0. The van der Waals surface area contributed by atoms with E-state index in [1.807, 2.05) is 0 Å². The molecule has 0 aliphatic carbocycles. The van der Waals surface area contributed by atoms with Crippen molar-refractivity contribution in [2.75, 3.05) is 13.7 Å². The van der Waals surface area contributed by atoms with Gasteiger partial charge in [-0.2, -0.15) is 8.42 Å². The monoisotopic (exact) mass is 374 g/mol. The van der Waals surface area contributed by atoms with E-state index in [1.54, 1.807) is 26.0 Å². The molecule has 7 heteroatoms. The first-order valence-electron chi connectivity index (χ1n) is 7.64. The minimum absolute atomic E-state index is 0.0363. The highest BCUT2D eigenvalue weighted by molar-refractivity contribution is 7.87. The number of aryl methyl sites for hydroxylation is 1. The standard InChI is InChI=1S/C19H18O6S/c1-4-5-13-24-15-9-11-16(12-10-15)26(21,22)25-18-14(2)7-6-8-17(18)19(20)23-3/h6-12H,13H2,1-3H3. The molecule has 0 amide bonds. The first kappa shape index (κ1) is 19.3. The van der Waals surface area contributed by atoms with Gasteiger partial charge in [0.1, 0.15) is 22.8 Å². The summed E-state index contributed by atoms with van der Waals surface area (Å²) in [5.74, 6) is 5.19. The quantitative estimate of drug-likeness (QED) is 0.439. The molecule has 6 nitrogen and oxygen atoms in total. The van der Waals surface area contributed by atoms with Crippen molar-refractivity contribution in [3.05, 3.63) is 53.6 Å². The molecular formula is C19H18O6S. The van der Waals surface area contributed by atoms with Gasteiger partial charge >= 0.3 is 16.1 Å². The fraction of sp³-hybridized carbons (Fsp3) is 0.211. The van der Waals surface area contributed by atoms with Crippen LogP contribution in [0.4, 0.5) is 0 Å². The molecule has 0 atom stereocenters. The largest absolute Gasteiger partial charge is 0.481 e. The van der Waals surface area contributed by atoms with Gasteiger partial charge in [-0.15, -0.1) is 5.92 Å². The summed E-state index contributed by atoms with van der Waals surface area (Å²) < 4.78 is 40.3. The lowest BCUT2D eigenvalue weighted by atomic mass is 10.1. The lowest BCUT2D eigenvalue weighted by Gasteiger charge is -2.13. The molecule has 0 unspecified atom stereocenters. The maximum atomic E-state index is 12.6. The number of rotatable bonds is 6. The number of ether oxygens (including phenoxy) is 2. The number of hydrogen-bond acceptors (Lipinski definition) is 6. The molecule has 0 saturated carbocycles. The summed E-state index contributed by atoms with van der Waals surface area (Å²) in [6.07, 6.45) is 0. The van der Waals surface area contributed by atoms with Gasteiger partial charge in [0.25, 0.3) is 0 Å². The van der Waals surface area contributed by atoms with Crippen molar-refractivity contribution in [3.8, 4) is 23.3 Å². The molecule has 0 aromatic heterocycles. The molecule has 0 N–H and O–H groups in total. The highest BCUT2D eigenvalue weighted by Gasteiger charge is 2.23. The molecular weight excluding hydrogens is 356 g/mol. The Kier molecular flexibility index (Phi) is 6.26. The van der Waals surface area contributed by atoms with Gasteiger partial charge in [0.2, 0.25) is 0 Å². The van der Waals surface area contributed by atoms with Crippen molar-refractivity contribution in [3.63, 3.8) is 0 Å².